The number of halogens is 1. The molecule has 5 rings (SSSR count). The van der Waals surface area contributed by atoms with Crippen LogP contribution in [0, 0.1) is 23.6 Å². The van der Waals surface area contributed by atoms with Crippen molar-refractivity contribution in [2.45, 2.75) is 31.6 Å². The molecule has 0 unspecified atom stereocenters. The fraction of sp³-hybridized carbons (Fsp3) is 0.444. The monoisotopic (exact) mass is 339 g/mol. The largest absolute Gasteiger partial charge is 0.323 e. The minimum absolute atomic E-state index is 0.0619. The summed E-state index contributed by atoms with van der Waals surface area (Å²) in [5.41, 5.74) is 0.850. The van der Waals surface area contributed by atoms with Crippen molar-refractivity contribution in [3.05, 3.63) is 42.0 Å². The molecule has 3 aliphatic carbocycles. The van der Waals surface area contributed by atoms with Crippen molar-refractivity contribution in [2.24, 2.45) is 17.8 Å². The Morgan fingerprint density at radius 1 is 1.24 bits per heavy atom. The van der Waals surface area contributed by atoms with Gasteiger partial charge in [-0.1, -0.05) is 12.2 Å². The van der Waals surface area contributed by atoms with Crippen molar-refractivity contribution >= 4 is 11.6 Å². The molecule has 1 amide bonds. The number of hydrogen-bond donors (Lipinski definition) is 1. The van der Waals surface area contributed by atoms with Gasteiger partial charge in [0.2, 0.25) is 5.91 Å². The highest BCUT2D eigenvalue weighted by Gasteiger charge is 2.40. The summed E-state index contributed by atoms with van der Waals surface area (Å²) in [6.45, 7) is 0. The average molecular weight is 339 g/mol. The highest BCUT2D eigenvalue weighted by Crippen LogP contribution is 2.44. The highest BCUT2D eigenvalue weighted by atomic mass is 19.1. The quantitative estimate of drug-likeness (QED) is 0.870. The van der Waals surface area contributed by atoms with Gasteiger partial charge in [0.05, 0.1) is 11.4 Å². The summed E-state index contributed by atoms with van der Waals surface area (Å²) in [4.78, 5) is 12.6. The van der Waals surface area contributed by atoms with E-state index in [4.69, 9.17) is 0 Å². The zero-order chi connectivity index (χ0) is 17.0. The molecule has 1 N–H and O–H groups in total. The van der Waals surface area contributed by atoms with E-state index in [-0.39, 0.29) is 23.4 Å². The summed E-state index contributed by atoms with van der Waals surface area (Å²) in [5.74, 6) is 1.34. The van der Waals surface area contributed by atoms with Crippen LogP contribution in [-0.2, 0) is 4.79 Å². The molecule has 2 saturated carbocycles. The van der Waals surface area contributed by atoms with Crippen LogP contribution in [0.3, 0.4) is 0 Å². The number of hydrogen-bond acceptors (Lipinski definition) is 4. The lowest BCUT2D eigenvalue weighted by atomic mass is 9.93. The molecular formula is C18H18FN5O. The van der Waals surface area contributed by atoms with Gasteiger partial charge >= 0.3 is 0 Å². The number of amides is 1. The van der Waals surface area contributed by atoms with Gasteiger partial charge in [0.1, 0.15) is 5.82 Å². The number of tetrazole rings is 1. The lowest BCUT2D eigenvalue weighted by molar-refractivity contribution is -0.120. The number of nitrogens with one attached hydrogen (secondary N) is 1. The third-order valence-electron chi connectivity index (χ3n) is 5.50. The Morgan fingerprint density at radius 2 is 2.12 bits per heavy atom. The SMILES string of the molecule is O=C(Nc1cc(-n2nnnc2C2CC2)ccc1F)[C@@H]1C[C@H]2C=C[C@H]1C2. The summed E-state index contributed by atoms with van der Waals surface area (Å²) in [5, 5.41) is 14.6. The van der Waals surface area contributed by atoms with Gasteiger partial charge in [-0.2, -0.15) is 4.68 Å². The molecular weight excluding hydrogens is 321 g/mol. The van der Waals surface area contributed by atoms with E-state index < -0.39 is 5.82 Å². The molecule has 0 spiro atoms. The van der Waals surface area contributed by atoms with Gasteiger partial charge in [0.15, 0.2) is 5.82 Å². The van der Waals surface area contributed by atoms with Gasteiger partial charge < -0.3 is 5.32 Å². The van der Waals surface area contributed by atoms with Crippen molar-refractivity contribution in [3.8, 4) is 5.69 Å². The molecule has 0 aliphatic heterocycles. The normalized spacial score (nSPS) is 27.0. The predicted molar refractivity (Wildman–Crippen MR) is 88.6 cm³/mol. The van der Waals surface area contributed by atoms with Gasteiger partial charge in [0, 0.05) is 11.8 Å². The van der Waals surface area contributed by atoms with Crippen molar-refractivity contribution in [1.29, 1.82) is 0 Å². The van der Waals surface area contributed by atoms with Crippen LogP contribution < -0.4 is 5.32 Å². The second kappa shape index (κ2) is 5.47. The predicted octanol–water partition coefficient (Wildman–Crippen LogP) is 2.83. The van der Waals surface area contributed by atoms with E-state index in [0.717, 1.165) is 31.5 Å². The maximum atomic E-state index is 14.2. The smallest absolute Gasteiger partial charge is 0.228 e. The van der Waals surface area contributed by atoms with Gasteiger partial charge in [-0.25, -0.2) is 4.39 Å². The minimum atomic E-state index is -0.447. The maximum absolute atomic E-state index is 14.2. The minimum Gasteiger partial charge on any atom is -0.323 e. The van der Waals surface area contributed by atoms with Crippen molar-refractivity contribution < 1.29 is 9.18 Å². The first-order chi connectivity index (χ1) is 12.2. The van der Waals surface area contributed by atoms with Crippen LogP contribution in [0.2, 0.25) is 0 Å². The topological polar surface area (TPSA) is 72.7 Å². The average Bonchev–Trinajstić information content (AvgIpc) is 3.03. The summed E-state index contributed by atoms with van der Waals surface area (Å²) >= 11 is 0. The van der Waals surface area contributed by atoms with Crippen LogP contribution in [0.5, 0.6) is 0 Å². The first-order valence-electron chi connectivity index (χ1n) is 8.76. The van der Waals surface area contributed by atoms with E-state index >= 15 is 0 Å². The number of aromatic nitrogens is 4. The first-order valence-corrected chi connectivity index (χ1v) is 8.76. The number of rotatable bonds is 4. The van der Waals surface area contributed by atoms with Crippen LogP contribution in [0.4, 0.5) is 10.1 Å². The maximum Gasteiger partial charge on any atom is 0.228 e. The van der Waals surface area contributed by atoms with Gasteiger partial charge in [-0.15, -0.1) is 5.10 Å². The second-order valence-corrected chi connectivity index (χ2v) is 7.26. The van der Waals surface area contributed by atoms with Gasteiger partial charge in [-0.05, 0) is 66.1 Å². The summed E-state index contributed by atoms with van der Waals surface area (Å²) < 4.78 is 15.9. The Kier molecular flexibility index (Phi) is 3.23. The molecule has 2 fully saturated rings. The van der Waals surface area contributed by atoms with Crippen molar-refractivity contribution in [1.82, 2.24) is 20.2 Å². The number of anilines is 1. The Bertz CT molecular complexity index is 872. The van der Waals surface area contributed by atoms with Crippen LogP contribution in [0.25, 0.3) is 5.69 Å². The zero-order valence-electron chi connectivity index (χ0n) is 13.6. The summed E-state index contributed by atoms with van der Waals surface area (Å²) in [6, 6.07) is 4.59. The molecule has 7 heteroatoms. The number of allylic oxidation sites excluding steroid dienone is 2. The molecule has 1 heterocycles. The molecule has 0 saturated heterocycles. The Hall–Kier alpha value is -2.57. The highest BCUT2D eigenvalue weighted by molar-refractivity contribution is 5.93. The van der Waals surface area contributed by atoms with E-state index in [9.17, 15) is 9.18 Å². The molecule has 6 nitrogen and oxygen atoms in total. The van der Waals surface area contributed by atoms with E-state index in [1.807, 2.05) is 0 Å². The van der Waals surface area contributed by atoms with Gasteiger partial charge in [-0.3, -0.25) is 4.79 Å². The number of carbonyl (C=O) groups is 1. The molecule has 128 valence electrons. The van der Waals surface area contributed by atoms with E-state index in [1.165, 1.54) is 6.07 Å². The van der Waals surface area contributed by atoms with Crippen molar-refractivity contribution in [3.63, 3.8) is 0 Å². The molecule has 0 radical (unpaired) electrons. The zero-order valence-corrected chi connectivity index (χ0v) is 13.6. The molecule has 2 bridgehead atoms. The summed E-state index contributed by atoms with van der Waals surface area (Å²) in [7, 11) is 0. The molecule has 25 heavy (non-hydrogen) atoms. The van der Waals surface area contributed by atoms with Crippen LogP contribution in [-0.4, -0.2) is 26.1 Å². The Labute approximate surface area is 144 Å². The Morgan fingerprint density at radius 3 is 2.84 bits per heavy atom. The lowest BCUT2D eigenvalue weighted by Gasteiger charge is -2.18. The third kappa shape index (κ3) is 2.54. The van der Waals surface area contributed by atoms with Crippen LogP contribution >= 0.6 is 0 Å². The molecule has 2 aromatic rings. The van der Waals surface area contributed by atoms with Crippen molar-refractivity contribution in [2.75, 3.05) is 5.32 Å². The standard InChI is InChI=1S/C18H18FN5O/c19-15-6-5-13(24-17(11-3-4-11)21-22-23-24)9-16(15)20-18(25)14-8-10-1-2-12(14)7-10/h1-2,5-6,9-12,14H,3-4,7-8H2,(H,20,25)/t10-,12-,14+/m0/s1. The van der Waals surface area contributed by atoms with Gasteiger partial charge in [0.25, 0.3) is 0 Å². The second-order valence-electron chi connectivity index (χ2n) is 7.26. The fourth-order valence-corrected chi connectivity index (χ4v) is 4.02. The number of carbonyl (C=O) groups excluding carboxylic acids is 1. The first kappa shape index (κ1) is 14.7. The van der Waals surface area contributed by atoms with E-state index in [1.54, 1.807) is 16.8 Å². The third-order valence-corrected chi connectivity index (χ3v) is 5.50. The van der Waals surface area contributed by atoms with E-state index in [0.29, 0.717) is 17.5 Å². The lowest BCUT2D eigenvalue weighted by Crippen LogP contribution is -2.26. The van der Waals surface area contributed by atoms with E-state index in [2.05, 4.69) is 33.0 Å². The fourth-order valence-electron chi connectivity index (χ4n) is 4.02. The number of nitrogens with zero attached hydrogens (tertiary/aromatic N) is 4. The molecule has 1 aromatic carbocycles. The number of fused-ring (bicyclic) bond motifs is 2. The summed E-state index contributed by atoms with van der Waals surface area (Å²) in [6.07, 6.45) is 8.34. The van der Waals surface area contributed by atoms with Crippen LogP contribution in [0.1, 0.15) is 37.4 Å². The molecule has 1 aromatic heterocycles. The number of benzene rings is 1. The molecule has 3 atom stereocenters. The Balaban J connectivity index is 1.41. The van der Waals surface area contributed by atoms with Crippen LogP contribution in [0.15, 0.2) is 30.4 Å². The molecule has 3 aliphatic rings.